The number of fused-ring (bicyclic) bond motifs is 1. The molecule has 0 spiro atoms. The van der Waals surface area contributed by atoms with Crippen LogP contribution < -0.4 is 10.1 Å². The summed E-state index contributed by atoms with van der Waals surface area (Å²) in [5, 5.41) is 8.15. The van der Waals surface area contributed by atoms with Crippen LogP contribution in [0, 0.1) is 6.92 Å². The van der Waals surface area contributed by atoms with Gasteiger partial charge in [0.2, 0.25) is 0 Å². The number of aryl methyl sites for hydroxylation is 1. The van der Waals surface area contributed by atoms with Gasteiger partial charge in [-0.25, -0.2) is 9.37 Å². The molecule has 0 saturated carbocycles. The fourth-order valence-corrected chi connectivity index (χ4v) is 4.87. The predicted octanol–water partition coefficient (Wildman–Crippen LogP) is 5.81. The average Bonchev–Trinajstić information content (AvgIpc) is 3.45. The van der Waals surface area contributed by atoms with Crippen LogP contribution in [0.5, 0.6) is 5.75 Å². The standard InChI is InChI=1S/C27H31FN4O2/c1-17-15-32(16-29-17)23-9-8-20(14-24(23)33-4)25-21-6-5-7-22(26(21)34-31-25)30-18(2)19-10-12-27(3,28)13-11-19/h8-12,14-16,18,22,30H,5-7,13H2,1-4H3. The van der Waals surface area contributed by atoms with Gasteiger partial charge in [0.25, 0.3) is 0 Å². The van der Waals surface area contributed by atoms with E-state index in [4.69, 9.17) is 9.26 Å². The first-order valence-electron chi connectivity index (χ1n) is 11.9. The molecular formula is C27H31FN4O2. The normalized spacial score (nSPS) is 22.9. The molecule has 7 heteroatoms. The molecule has 0 bridgehead atoms. The summed E-state index contributed by atoms with van der Waals surface area (Å²) in [5.74, 6) is 1.65. The van der Waals surface area contributed by atoms with Gasteiger partial charge in [0.05, 0.1) is 30.9 Å². The average molecular weight is 463 g/mol. The van der Waals surface area contributed by atoms with E-state index in [1.54, 1.807) is 26.4 Å². The van der Waals surface area contributed by atoms with E-state index in [1.165, 1.54) is 0 Å². The van der Waals surface area contributed by atoms with Gasteiger partial charge in [-0.15, -0.1) is 0 Å². The Bertz CT molecular complexity index is 1250. The summed E-state index contributed by atoms with van der Waals surface area (Å²) in [6.07, 6.45) is 12.7. The molecule has 3 aromatic rings. The Morgan fingerprint density at radius 1 is 1.35 bits per heavy atom. The third-order valence-corrected chi connectivity index (χ3v) is 6.81. The first-order chi connectivity index (χ1) is 16.3. The molecular weight excluding hydrogens is 431 g/mol. The molecule has 1 N–H and O–H groups in total. The lowest BCUT2D eigenvalue weighted by Crippen LogP contribution is -2.34. The molecule has 2 aliphatic rings. The van der Waals surface area contributed by atoms with Crippen molar-refractivity contribution in [3.63, 3.8) is 0 Å². The van der Waals surface area contributed by atoms with Gasteiger partial charge in [-0.2, -0.15) is 0 Å². The van der Waals surface area contributed by atoms with Crippen molar-refractivity contribution in [3.05, 3.63) is 71.5 Å². The summed E-state index contributed by atoms with van der Waals surface area (Å²) >= 11 is 0. The lowest BCUT2D eigenvalue weighted by Gasteiger charge is -2.28. The van der Waals surface area contributed by atoms with E-state index in [9.17, 15) is 4.39 Å². The highest BCUT2D eigenvalue weighted by Gasteiger charge is 2.31. The number of nitrogens with zero attached hydrogens (tertiary/aromatic N) is 3. The van der Waals surface area contributed by atoms with Gasteiger partial charge < -0.3 is 19.1 Å². The number of ether oxygens (including phenoxy) is 1. The maximum atomic E-state index is 14.1. The van der Waals surface area contributed by atoms with Crippen LogP contribution in [0.1, 0.15) is 56.2 Å². The van der Waals surface area contributed by atoms with E-state index < -0.39 is 5.67 Å². The topological polar surface area (TPSA) is 65.1 Å². The second kappa shape index (κ2) is 8.87. The van der Waals surface area contributed by atoms with E-state index in [-0.39, 0.29) is 12.1 Å². The molecule has 6 nitrogen and oxygen atoms in total. The van der Waals surface area contributed by atoms with Gasteiger partial charge >= 0.3 is 0 Å². The molecule has 2 aliphatic carbocycles. The van der Waals surface area contributed by atoms with Gasteiger partial charge in [0.15, 0.2) is 5.76 Å². The van der Waals surface area contributed by atoms with Crippen LogP contribution >= 0.6 is 0 Å². The molecule has 2 aromatic heterocycles. The zero-order valence-corrected chi connectivity index (χ0v) is 20.1. The maximum Gasteiger partial charge on any atom is 0.157 e. The van der Waals surface area contributed by atoms with Gasteiger partial charge in [0, 0.05) is 29.8 Å². The number of hydrogen-bond donors (Lipinski definition) is 1. The fraction of sp³-hybridized carbons (Fsp3) is 0.407. The molecule has 178 valence electrons. The van der Waals surface area contributed by atoms with Crippen molar-refractivity contribution in [1.82, 2.24) is 20.0 Å². The quantitative estimate of drug-likeness (QED) is 0.500. The zero-order valence-electron chi connectivity index (χ0n) is 20.1. The number of imidazole rings is 1. The number of rotatable bonds is 6. The van der Waals surface area contributed by atoms with E-state index in [2.05, 4.69) is 28.4 Å². The van der Waals surface area contributed by atoms with Crippen LogP contribution in [0.3, 0.4) is 0 Å². The van der Waals surface area contributed by atoms with E-state index in [1.807, 2.05) is 42.0 Å². The number of halogens is 1. The Hall–Kier alpha value is -3.19. The highest BCUT2D eigenvalue weighted by molar-refractivity contribution is 5.68. The van der Waals surface area contributed by atoms with E-state index >= 15 is 0 Å². The summed E-state index contributed by atoms with van der Waals surface area (Å²) in [6, 6.07) is 6.25. The number of methoxy groups -OCH3 is 1. The van der Waals surface area contributed by atoms with Crippen molar-refractivity contribution >= 4 is 0 Å². The molecule has 0 saturated heterocycles. The van der Waals surface area contributed by atoms with Crippen LogP contribution in [0.15, 0.2) is 59.0 Å². The lowest BCUT2D eigenvalue weighted by molar-refractivity contribution is 0.257. The van der Waals surface area contributed by atoms with Crippen molar-refractivity contribution in [2.24, 2.45) is 0 Å². The number of alkyl halides is 1. The van der Waals surface area contributed by atoms with Crippen molar-refractivity contribution in [1.29, 1.82) is 0 Å². The minimum absolute atomic E-state index is 0.0723. The zero-order chi connectivity index (χ0) is 23.9. The molecule has 34 heavy (non-hydrogen) atoms. The smallest absolute Gasteiger partial charge is 0.157 e. The number of aromatic nitrogens is 3. The molecule has 5 rings (SSSR count). The third-order valence-electron chi connectivity index (χ3n) is 6.81. The lowest BCUT2D eigenvalue weighted by atomic mass is 9.88. The summed E-state index contributed by atoms with van der Waals surface area (Å²) in [4.78, 5) is 4.32. The Kier molecular flexibility index (Phi) is 5.90. The van der Waals surface area contributed by atoms with Crippen molar-refractivity contribution < 1.29 is 13.7 Å². The fourth-order valence-electron chi connectivity index (χ4n) is 4.87. The molecule has 0 fully saturated rings. The van der Waals surface area contributed by atoms with Crippen LogP contribution in [0.25, 0.3) is 16.9 Å². The number of nitrogens with one attached hydrogen (secondary N) is 1. The maximum absolute atomic E-state index is 14.1. The molecule has 0 amide bonds. The summed E-state index contributed by atoms with van der Waals surface area (Å²) < 4.78 is 27.7. The Morgan fingerprint density at radius 3 is 2.91 bits per heavy atom. The Morgan fingerprint density at radius 2 is 2.21 bits per heavy atom. The van der Waals surface area contributed by atoms with Crippen molar-refractivity contribution in [2.45, 2.75) is 64.2 Å². The minimum atomic E-state index is -1.26. The van der Waals surface area contributed by atoms with Crippen molar-refractivity contribution in [3.8, 4) is 22.7 Å². The van der Waals surface area contributed by atoms with Gasteiger partial charge in [-0.05, 0) is 63.8 Å². The molecule has 3 unspecified atom stereocenters. The minimum Gasteiger partial charge on any atom is -0.495 e. The van der Waals surface area contributed by atoms with Crippen LogP contribution in [0.4, 0.5) is 4.39 Å². The van der Waals surface area contributed by atoms with Crippen molar-refractivity contribution in [2.75, 3.05) is 7.11 Å². The van der Waals surface area contributed by atoms with Gasteiger partial charge in [0.1, 0.15) is 17.1 Å². The number of benzene rings is 1. The SMILES string of the molecule is COc1cc(-c2noc3c2CCCC3NC(C)C2=CCC(C)(F)C=C2)ccc1-n1cnc(C)c1. The predicted molar refractivity (Wildman–Crippen MR) is 130 cm³/mol. The number of allylic oxidation sites excluding steroid dienone is 2. The summed E-state index contributed by atoms with van der Waals surface area (Å²) in [5.41, 5.74) is 4.71. The molecule has 1 aromatic carbocycles. The largest absolute Gasteiger partial charge is 0.495 e. The molecule has 0 radical (unpaired) electrons. The first kappa shape index (κ1) is 22.6. The summed E-state index contributed by atoms with van der Waals surface area (Å²) in [7, 11) is 1.67. The molecule has 3 atom stereocenters. The Balaban J connectivity index is 1.39. The third kappa shape index (κ3) is 4.32. The van der Waals surface area contributed by atoms with Crippen LogP contribution in [-0.2, 0) is 6.42 Å². The van der Waals surface area contributed by atoms with Gasteiger partial charge in [-0.3, -0.25) is 0 Å². The van der Waals surface area contributed by atoms with Crippen LogP contribution in [0.2, 0.25) is 0 Å². The highest BCUT2D eigenvalue weighted by atomic mass is 19.1. The monoisotopic (exact) mass is 462 g/mol. The molecule has 2 heterocycles. The summed E-state index contributed by atoms with van der Waals surface area (Å²) in [6.45, 7) is 5.68. The second-order valence-electron chi connectivity index (χ2n) is 9.54. The second-order valence-corrected chi connectivity index (χ2v) is 9.54. The number of hydrogen-bond acceptors (Lipinski definition) is 5. The molecule has 0 aliphatic heterocycles. The van der Waals surface area contributed by atoms with Gasteiger partial charge in [-0.1, -0.05) is 23.4 Å². The van der Waals surface area contributed by atoms with Crippen LogP contribution in [-0.4, -0.2) is 33.5 Å². The van der Waals surface area contributed by atoms with E-state index in [0.29, 0.717) is 6.42 Å². The highest BCUT2D eigenvalue weighted by Crippen LogP contribution is 2.39. The Labute approximate surface area is 199 Å². The first-order valence-corrected chi connectivity index (χ1v) is 11.9. The van der Waals surface area contributed by atoms with E-state index in [0.717, 1.165) is 64.5 Å².